The van der Waals surface area contributed by atoms with E-state index >= 15 is 0 Å². The number of aliphatic carboxylic acids is 1. The number of nitrogens with one attached hydrogen (secondary N) is 1. The molecule has 0 aliphatic rings. The van der Waals surface area contributed by atoms with Crippen molar-refractivity contribution in [2.45, 2.75) is 31.4 Å². The number of carboxylic acids is 1. The number of carbonyl (C=O) groups is 1. The lowest BCUT2D eigenvalue weighted by molar-refractivity contribution is -0.146. The largest absolute Gasteiger partial charge is 0.480 e. The molecule has 0 bridgehead atoms. The minimum Gasteiger partial charge on any atom is -0.480 e. The highest BCUT2D eigenvalue weighted by atomic mass is 35.5. The fraction of sp³-hybridized carbons (Fsp3) is 0.889. The molecule has 0 rings (SSSR count). The average molecular weight is 273 g/mol. The summed E-state index contributed by atoms with van der Waals surface area (Å²) in [4.78, 5) is 15.5. The summed E-state index contributed by atoms with van der Waals surface area (Å²) in [6, 6.07) is -0.822. The predicted octanol–water partition coefficient (Wildman–Crippen LogP) is -1.14. The molecule has 0 radical (unpaired) electrons. The van der Waals surface area contributed by atoms with Crippen molar-refractivity contribution in [1.82, 2.24) is 5.48 Å². The van der Waals surface area contributed by atoms with E-state index in [0.29, 0.717) is 19.4 Å². The number of rotatable bonds is 10. The molecule has 7 nitrogen and oxygen atoms in total. The van der Waals surface area contributed by atoms with E-state index in [1.165, 1.54) is 0 Å². The smallest absolute Gasteiger partial charge is 0.323 e. The van der Waals surface area contributed by atoms with Gasteiger partial charge in [0, 0.05) is 0 Å². The zero-order valence-electron chi connectivity index (χ0n) is 9.54. The maximum Gasteiger partial charge on any atom is 0.323 e. The summed E-state index contributed by atoms with van der Waals surface area (Å²) < 4.78 is 0. The second kappa shape index (κ2) is 12.0. The molecule has 0 aliphatic carbocycles. The van der Waals surface area contributed by atoms with Gasteiger partial charge < -0.3 is 21.1 Å². The van der Waals surface area contributed by atoms with Crippen molar-refractivity contribution in [2.24, 2.45) is 5.73 Å². The molecule has 6 N–H and O–H groups in total. The molecule has 0 saturated heterocycles. The Bertz CT molecular complexity index is 196. The van der Waals surface area contributed by atoms with Gasteiger partial charge in [-0.25, -0.2) is 0 Å². The molecule has 0 aromatic heterocycles. The van der Waals surface area contributed by atoms with Gasteiger partial charge in [0.05, 0.1) is 13.2 Å². The number of carboxylic acid groups (broad SMARTS) is 1. The highest BCUT2D eigenvalue weighted by Gasteiger charge is 2.17. The van der Waals surface area contributed by atoms with Gasteiger partial charge >= 0.3 is 5.97 Å². The third-order valence-electron chi connectivity index (χ3n) is 1.96. The number of hydrogen-bond donors (Lipinski definition) is 5. The third-order valence-corrected chi connectivity index (χ3v) is 1.96. The Morgan fingerprint density at radius 1 is 1.41 bits per heavy atom. The fourth-order valence-corrected chi connectivity index (χ4v) is 1.02. The Kier molecular flexibility index (Phi) is 13.4. The van der Waals surface area contributed by atoms with Crippen LogP contribution in [0.4, 0.5) is 0 Å². The van der Waals surface area contributed by atoms with Crippen LogP contribution in [-0.2, 0) is 9.63 Å². The van der Waals surface area contributed by atoms with Crippen LogP contribution in [0.5, 0.6) is 0 Å². The van der Waals surface area contributed by atoms with Gasteiger partial charge in [0.1, 0.15) is 12.1 Å². The minimum atomic E-state index is -1.02. The Morgan fingerprint density at radius 3 is 2.53 bits per heavy atom. The van der Waals surface area contributed by atoms with Crippen molar-refractivity contribution < 1.29 is 25.0 Å². The second-order valence-corrected chi connectivity index (χ2v) is 3.44. The van der Waals surface area contributed by atoms with Crippen molar-refractivity contribution in [1.29, 1.82) is 0 Å². The van der Waals surface area contributed by atoms with Gasteiger partial charge in [0.25, 0.3) is 0 Å². The monoisotopic (exact) mass is 272 g/mol. The van der Waals surface area contributed by atoms with E-state index in [1.807, 2.05) is 0 Å². The van der Waals surface area contributed by atoms with Crippen molar-refractivity contribution >= 4 is 18.4 Å². The van der Waals surface area contributed by atoms with Crippen LogP contribution in [0.3, 0.4) is 0 Å². The molecule has 0 aromatic rings. The Labute approximate surface area is 106 Å². The lowest BCUT2D eigenvalue weighted by Gasteiger charge is -2.15. The molecule has 0 spiro atoms. The van der Waals surface area contributed by atoms with Crippen molar-refractivity contribution in [2.75, 3.05) is 19.8 Å². The van der Waals surface area contributed by atoms with Gasteiger partial charge in [-0.1, -0.05) is 0 Å². The summed E-state index contributed by atoms with van der Waals surface area (Å²) in [6.07, 6.45) is 0.838. The summed E-state index contributed by atoms with van der Waals surface area (Å²) in [6.45, 7) is -0.0554. The standard InChI is InChI=1S/C9H20N2O5.ClH/c10-4-2-1-3-8(9(14)15)11-16-6-7(13)5-12;/h7-8,11-13H,1-6,10H2,(H,14,15);1H/t7?,8-;/m0./s1. The maximum atomic E-state index is 10.8. The first-order valence-corrected chi connectivity index (χ1v) is 5.21. The van der Waals surface area contributed by atoms with E-state index in [9.17, 15) is 4.79 Å². The van der Waals surface area contributed by atoms with Gasteiger partial charge in [0.15, 0.2) is 0 Å². The summed E-state index contributed by atoms with van der Waals surface area (Å²) >= 11 is 0. The van der Waals surface area contributed by atoms with E-state index in [4.69, 9.17) is 25.9 Å². The van der Waals surface area contributed by atoms with E-state index < -0.39 is 24.7 Å². The molecule has 104 valence electrons. The van der Waals surface area contributed by atoms with Gasteiger partial charge in [-0.05, 0) is 25.8 Å². The molecule has 0 fully saturated rings. The first kappa shape index (κ1) is 18.9. The van der Waals surface area contributed by atoms with Gasteiger partial charge in [0.2, 0.25) is 0 Å². The van der Waals surface area contributed by atoms with E-state index in [1.54, 1.807) is 0 Å². The second-order valence-electron chi connectivity index (χ2n) is 3.44. The molecule has 0 amide bonds. The number of aliphatic hydroxyl groups is 2. The lowest BCUT2D eigenvalue weighted by atomic mass is 10.1. The number of unbranched alkanes of at least 4 members (excludes halogenated alkanes) is 1. The number of nitrogens with two attached hydrogens (primary N) is 1. The molecule has 0 saturated carbocycles. The Hall–Kier alpha value is -0.440. The quantitative estimate of drug-likeness (QED) is 0.252. The number of aliphatic hydroxyl groups excluding tert-OH is 2. The first-order valence-electron chi connectivity index (χ1n) is 5.21. The molecule has 1 unspecified atom stereocenters. The molecule has 8 heteroatoms. The molecular formula is C9H21ClN2O5. The van der Waals surface area contributed by atoms with Crippen LogP contribution in [0, 0.1) is 0 Å². The molecule has 2 atom stereocenters. The Morgan fingerprint density at radius 2 is 2.06 bits per heavy atom. The van der Waals surface area contributed by atoms with Crippen LogP contribution in [-0.4, -0.2) is 53.2 Å². The van der Waals surface area contributed by atoms with Crippen LogP contribution in [0.1, 0.15) is 19.3 Å². The zero-order valence-corrected chi connectivity index (χ0v) is 10.4. The number of hydrogen-bond acceptors (Lipinski definition) is 6. The summed E-state index contributed by atoms with van der Waals surface area (Å²) in [7, 11) is 0. The number of hydroxylamine groups is 1. The summed E-state index contributed by atoms with van der Waals surface area (Å²) in [5, 5.41) is 26.2. The highest BCUT2D eigenvalue weighted by molar-refractivity contribution is 5.85. The average Bonchev–Trinajstić information content (AvgIpc) is 2.26. The van der Waals surface area contributed by atoms with Crippen molar-refractivity contribution in [3.63, 3.8) is 0 Å². The molecule has 17 heavy (non-hydrogen) atoms. The van der Waals surface area contributed by atoms with Crippen LogP contribution in [0.2, 0.25) is 0 Å². The Balaban J connectivity index is 0. The van der Waals surface area contributed by atoms with E-state index in [0.717, 1.165) is 6.42 Å². The van der Waals surface area contributed by atoms with Crippen LogP contribution in [0.25, 0.3) is 0 Å². The van der Waals surface area contributed by atoms with Gasteiger partial charge in [-0.15, -0.1) is 12.4 Å². The van der Waals surface area contributed by atoms with Gasteiger partial charge in [-0.3, -0.25) is 9.63 Å². The minimum absolute atomic E-state index is 0. The summed E-state index contributed by atoms with van der Waals surface area (Å²) in [5.74, 6) is -1.02. The molecular weight excluding hydrogens is 252 g/mol. The first-order chi connectivity index (χ1) is 7.61. The van der Waals surface area contributed by atoms with Gasteiger partial charge in [-0.2, -0.15) is 5.48 Å². The fourth-order valence-electron chi connectivity index (χ4n) is 1.02. The van der Waals surface area contributed by atoms with Crippen LogP contribution in [0.15, 0.2) is 0 Å². The van der Waals surface area contributed by atoms with E-state index in [-0.39, 0.29) is 19.0 Å². The zero-order chi connectivity index (χ0) is 12.4. The van der Waals surface area contributed by atoms with Crippen LogP contribution < -0.4 is 11.2 Å². The van der Waals surface area contributed by atoms with Crippen molar-refractivity contribution in [3.05, 3.63) is 0 Å². The number of halogens is 1. The normalized spacial score (nSPS) is 13.8. The predicted molar refractivity (Wildman–Crippen MR) is 63.8 cm³/mol. The van der Waals surface area contributed by atoms with Crippen LogP contribution >= 0.6 is 12.4 Å². The SMILES string of the molecule is Cl.NCCCC[C@H](NOCC(O)CO)C(=O)O. The van der Waals surface area contributed by atoms with Crippen molar-refractivity contribution in [3.8, 4) is 0 Å². The topological polar surface area (TPSA) is 125 Å². The highest BCUT2D eigenvalue weighted by Crippen LogP contribution is 2.00. The third kappa shape index (κ3) is 10.4. The molecule has 0 aliphatic heterocycles. The lowest BCUT2D eigenvalue weighted by Crippen LogP contribution is -2.38. The summed E-state index contributed by atoms with van der Waals surface area (Å²) in [5.41, 5.74) is 7.62. The maximum absolute atomic E-state index is 10.8. The molecule has 0 aromatic carbocycles. The van der Waals surface area contributed by atoms with E-state index in [2.05, 4.69) is 5.48 Å². The molecule has 0 heterocycles.